The fraction of sp³-hybridized carbons (Fsp3) is 0.316. The van der Waals surface area contributed by atoms with E-state index in [0.717, 1.165) is 17.5 Å². The molecule has 24 heavy (non-hydrogen) atoms. The lowest BCUT2D eigenvalue weighted by Gasteiger charge is -2.35. The molecule has 5 heteroatoms. The molecule has 0 saturated carbocycles. The minimum absolute atomic E-state index is 0.0957. The van der Waals surface area contributed by atoms with E-state index in [1.807, 2.05) is 48.3 Å². The third kappa shape index (κ3) is 2.21. The van der Waals surface area contributed by atoms with Crippen molar-refractivity contribution in [2.45, 2.75) is 31.3 Å². The molecule has 0 aromatic heterocycles. The molecule has 1 amide bonds. The lowest BCUT2D eigenvalue weighted by molar-refractivity contribution is -0.144. The highest BCUT2D eigenvalue weighted by atomic mass is 35.5. The van der Waals surface area contributed by atoms with E-state index in [0.29, 0.717) is 18.0 Å². The summed E-state index contributed by atoms with van der Waals surface area (Å²) in [5, 5.41) is 15.1. The number of carbonyl (C=O) groups is 1. The van der Waals surface area contributed by atoms with Crippen molar-refractivity contribution in [3.8, 4) is 5.75 Å². The number of phenols is 1. The molecule has 0 radical (unpaired) electrons. The molecule has 4 rings (SSSR count). The molecule has 2 saturated heterocycles. The van der Waals surface area contributed by atoms with Crippen molar-refractivity contribution < 1.29 is 9.90 Å². The standard InChI is InChI=1S/C19H19ClN2O2/c1-19(15-4-2-3-5-17(15)23)12-16(13-6-8-14(20)9-7-13)21-11-10-18(24)22(19)21/h2-9,16,23H,10-12H2,1H3/t16-,19+/m1/s1. The van der Waals surface area contributed by atoms with Crippen LogP contribution in [0.4, 0.5) is 0 Å². The van der Waals surface area contributed by atoms with E-state index >= 15 is 0 Å². The van der Waals surface area contributed by atoms with Crippen LogP contribution in [0.2, 0.25) is 5.02 Å². The Morgan fingerprint density at radius 1 is 1.17 bits per heavy atom. The Morgan fingerprint density at radius 2 is 1.88 bits per heavy atom. The molecule has 0 aliphatic carbocycles. The summed E-state index contributed by atoms with van der Waals surface area (Å²) in [6.07, 6.45) is 1.24. The summed E-state index contributed by atoms with van der Waals surface area (Å²) in [5.41, 5.74) is 1.38. The molecule has 0 unspecified atom stereocenters. The maximum atomic E-state index is 12.6. The Labute approximate surface area is 146 Å². The Bertz CT molecular complexity index is 792. The van der Waals surface area contributed by atoms with Crippen LogP contribution in [0.1, 0.15) is 36.9 Å². The smallest absolute Gasteiger partial charge is 0.239 e. The summed E-state index contributed by atoms with van der Waals surface area (Å²) in [6.45, 7) is 2.74. The van der Waals surface area contributed by atoms with Gasteiger partial charge in [-0.3, -0.25) is 9.80 Å². The molecule has 2 heterocycles. The molecule has 124 valence electrons. The van der Waals surface area contributed by atoms with Gasteiger partial charge in [0.1, 0.15) is 5.75 Å². The predicted molar refractivity (Wildman–Crippen MR) is 92.4 cm³/mol. The Kier molecular flexibility index (Phi) is 3.55. The second kappa shape index (κ2) is 5.50. The van der Waals surface area contributed by atoms with Crippen LogP contribution in [0.25, 0.3) is 0 Å². The van der Waals surface area contributed by atoms with Crippen LogP contribution in [-0.2, 0) is 10.3 Å². The highest BCUT2D eigenvalue weighted by Crippen LogP contribution is 2.52. The number of carbonyl (C=O) groups excluding carboxylic acids is 1. The Morgan fingerprint density at radius 3 is 2.58 bits per heavy atom. The number of fused-ring (bicyclic) bond motifs is 1. The number of para-hydroxylation sites is 1. The SMILES string of the molecule is C[C@@]1(c2ccccc2O)C[C@H](c2ccc(Cl)cc2)N2CCC(=O)N21. The van der Waals surface area contributed by atoms with Crippen molar-refractivity contribution in [1.29, 1.82) is 0 Å². The summed E-state index contributed by atoms with van der Waals surface area (Å²) in [4.78, 5) is 12.6. The van der Waals surface area contributed by atoms with Gasteiger partial charge in [0.25, 0.3) is 0 Å². The fourth-order valence-electron chi connectivity index (χ4n) is 4.11. The molecule has 0 spiro atoms. The minimum atomic E-state index is -0.552. The second-order valence-electron chi connectivity index (χ2n) is 6.68. The Balaban J connectivity index is 1.80. The zero-order valence-corrected chi connectivity index (χ0v) is 14.2. The molecule has 2 fully saturated rings. The summed E-state index contributed by atoms with van der Waals surface area (Å²) >= 11 is 6.01. The van der Waals surface area contributed by atoms with E-state index in [2.05, 4.69) is 5.01 Å². The molecular formula is C19H19ClN2O2. The average molecular weight is 343 g/mol. The van der Waals surface area contributed by atoms with E-state index in [1.54, 1.807) is 12.1 Å². The van der Waals surface area contributed by atoms with Crippen molar-refractivity contribution in [3.63, 3.8) is 0 Å². The van der Waals surface area contributed by atoms with Crippen LogP contribution in [0, 0.1) is 0 Å². The van der Waals surface area contributed by atoms with Crippen LogP contribution in [0.15, 0.2) is 48.5 Å². The van der Waals surface area contributed by atoms with Gasteiger partial charge in [-0.05, 0) is 37.1 Å². The van der Waals surface area contributed by atoms with Gasteiger partial charge in [0.2, 0.25) is 5.91 Å². The number of hydrazine groups is 1. The highest BCUT2D eigenvalue weighted by molar-refractivity contribution is 6.30. The van der Waals surface area contributed by atoms with Gasteiger partial charge in [-0.25, -0.2) is 5.01 Å². The van der Waals surface area contributed by atoms with Gasteiger partial charge in [0, 0.05) is 23.6 Å². The molecule has 2 atom stereocenters. The number of rotatable bonds is 2. The third-order valence-corrected chi connectivity index (χ3v) is 5.46. The summed E-state index contributed by atoms with van der Waals surface area (Å²) in [6, 6.07) is 15.2. The number of aromatic hydroxyl groups is 1. The van der Waals surface area contributed by atoms with Crippen LogP contribution >= 0.6 is 11.6 Å². The maximum Gasteiger partial charge on any atom is 0.239 e. The Hall–Kier alpha value is -2.04. The fourth-order valence-corrected chi connectivity index (χ4v) is 4.24. The van der Waals surface area contributed by atoms with E-state index in [-0.39, 0.29) is 17.7 Å². The lowest BCUT2D eigenvalue weighted by atomic mass is 9.84. The zero-order valence-electron chi connectivity index (χ0n) is 13.4. The van der Waals surface area contributed by atoms with E-state index in [9.17, 15) is 9.90 Å². The highest BCUT2D eigenvalue weighted by Gasteiger charge is 2.54. The molecule has 1 N–H and O–H groups in total. The monoisotopic (exact) mass is 342 g/mol. The summed E-state index contributed by atoms with van der Waals surface area (Å²) in [7, 11) is 0. The van der Waals surface area contributed by atoms with Crippen molar-refractivity contribution in [2.24, 2.45) is 0 Å². The second-order valence-corrected chi connectivity index (χ2v) is 7.12. The number of hydrogen-bond donors (Lipinski definition) is 1. The first-order chi connectivity index (χ1) is 11.5. The topological polar surface area (TPSA) is 43.8 Å². The van der Waals surface area contributed by atoms with E-state index in [1.165, 1.54) is 0 Å². The normalized spacial score (nSPS) is 26.8. The molecule has 4 nitrogen and oxygen atoms in total. The van der Waals surface area contributed by atoms with Crippen LogP contribution in [-0.4, -0.2) is 27.6 Å². The first-order valence-electron chi connectivity index (χ1n) is 8.14. The number of halogens is 1. The molecule has 0 bridgehead atoms. The molecular weight excluding hydrogens is 324 g/mol. The predicted octanol–water partition coefficient (Wildman–Crippen LogP) is 3.86. The van der Waals surface area contributed by atoms with Gasteiger partial charge in [-0.1, -0.05) is 41.9 Å². The number of phenolic OH excluding ortho intramolecular Hbond substituents is 1. The van der Waals surface area contributed by atoms with Crippen molar-refractivity contribution in [3.05, 3.63) is 64.7 Å². The number of nitrogens with zero attached hydrogens (tertiary/aromatic N) is 2. The van der Waals surface area contributed by atoms with E-state index < -0.39 is 5.54 Å². The van der Waals surface area contributed by atoms with Crippen LogP contribution < -0.4 is 0 Å². The van der Waals surface area contributed by atoms with Gasteiger partial charge < -0.3 is 5.11 Å². The lowest BCUT2D eigenvalue weighted by Crippen LogP contribution is -2.44. The maximum absolute atomic E-state index is 12.6. The number of hydrogen-bond acceptors (Lipinski definition) is 3. The van der Waals surface area contributed by atoms with Gasteiger partial charge >= 0.3 is 0 Å². The largest absolute Gasteiger partial charge is 0.508 e. The summed E-state index contributed by atoms with van der Waals surface area (Å²) < 4.78 is 0. The van der Waals surface area contributed by atoms with E-state index in [4.69, 9.17) is 11.6 Å². The zero-order chi connectivity index (χ0) is 16.9. The van der Waals surface area contributed by atoms with Gasteiger partial charge in [0.15, 0.2) is 0 Å². The first-order valence-corrected chi connectivity index (χ1v) is 8.52. The van der Waals surface area contributed by atoms with Crippen molar-refractivity contribution >= 4 is 17.5 Å². The minimum Gasteiger partial charge on any atom is -0.508 e. The summed E-state index contributed by atoms with van der Waals surface area (Å²) in [5.74, 6) is 0.341. The van der Waals surface area contributed by atoms with Crippen LogP contribution in [0.3, 0.4) is 0 Å². The number of benzene rings is 2. The molecule has 2 aliphatic rings. The van der Waals surface area contributed by atoms with Gasteiger partial charge in [-0.2, -0.15) is 0 Å². The third-order valence-electron chi connectivity index (χ3n) is 5.21. The molecule has 2 aliphatic heterocycles. The molecule has 2 aromatic rings. The number of amides is 1. The quantitative estimate of drug-likeness (QED) is 0.901. The van der Waals surface area contributed by atoms with Gasteiger partial charge in [-0.15, -0.1) is 0 Å². The average Bonchev–Trinajstić information content (AvgIpc) is 3.09. The van der Waals surface area contributed by atoms with Crippen LogP contribution in [0.5, 0.6) is 5.75 Å². The first kappa shape index (κ1) is 15.5. The molecule has 2 aromatic carbocycles. The van der Waals surface area contributed by atoms with Crippen molar-refractivity contribution in [1.82, 2.24) is 10.0 Å². The van der Waals surface area contributed by atoms with Crippen molar-refractivity contribution in [2.75, 3.05) is 6.54 Å². The van der Waals surface area contributed by atoms with Gasteiger partial charge in [0.05, 0.1) is 11.6 Å².